The summed E-state index contributed by atoms with van der Waals surface area (Å²) >= 11 is 4.87. The Hall–Kier alpha value is -1.56. The fourth-order valence-corrected chi connectivity index (χ4v) is 2.26. The Morgan fingerprint density at radius 2 is 1.89 bits per heavy atom. The Morgan fingerprint density at radius 1 is 1.33 bits per heavy atom. The Labute approximate surface area is 108 Å². The molecule has 3 N–H and O–H groups in total. The summed E-state index contributed by atoms with van der Waals surface area (Å²) in [4.78, 5) is 12.1. The summed E-state index contributed by atoms with van der Waals surface area (Å²) in [5.74, 6) is -2.17. The first-order chi connectivity index (χ1) is 8.47. The number of benzene rings is 1. The van der Waals surface area contributed by atoms with E-state index in [0.29, 0.717) is 12.8 Å². The molecule has 1 aromatic carbocycles. The largest absolute Gasteiger partial charge is 0.392 e. The summed E-state index contributed by atoms with van der Waals surface area (Å²) in [6.07, 6.45) is 1.86. The van der Waals surface area contributed by atoms with E-state index in [0.717, 1.165) is 18.6 Å². The van der Waals surface area contributed by atoms with Gasteiger partial charge in [0.15, 0.2) is 0 Å². The van der Waals surface area contributed by atoms with Gasteiger partial charge < -0.3 is 11.1 Å². The number of para-hydroxylation sites is 1. The van der Waals surface area contributed by atoms with Crippen LogP contribution in [-0.4, -0.2) is 10.9 Å². The van der Waals surface area contributed by atoms with E-state index in [2.05, 4.69) is 5.32 Å². The summed E-state index contributed by atoms with van der Waals surface area (Å²) in [6, 6.07) is 3.38. The number of nitrogens with one attached hydrogen (secondary N) is 1. The molecule has 0 atom stereocenters. The molecule has 96 valence electrons. The molecule has 0 aliphatic heterocycles. The molecule has 0 spiro atoms. The van der Waals surface area contributed by atoms with Crippen molar-refractivity contribution < 1.29 is 13.6 Å². The predicted molar refractivity (Wildman–Crippen MR) is 68.1 cm³/mol. The number of rotatable bonds is 3. The highest BCUT2D eigenvalue weighted by Crippen LogP contribution is 2.42. The van der Waals surface area contributed by atoms with Gasteiger partial charge in [-0.05, 0) is 25.0 Å². The van der Waals surface area contributed by atoms with Crippen molar-refractivity contribution in [3.05, 3.63) is 29.8 Å². The molecule has 1 aliphatic rings. The summed E-state index contributed by atoms with van der Waals surface area (Å²) in [5.41, 5.74) is 4.14. The van der Waals surface area contributed by atoms with Crippen molar-refractivity contribution in [2.45, 2.75) is 19.3 Å². The number of anilines is 1. The van der Waals surface area contributed by atoms with Crippen molar-refractivity contribution >= 4 is 28.8 Å². The summed E-state index contributed by atoms with van der Waals surface area (Å²) in [6.45, 7) is 0. The molecule has 1 saturated carbocycles. The highest BCUT2D eigenvalue weighted by Gasteiger charge is 2.47. The van der Waals surface area contributed by atoms with Gasteiger partial charge in [-0.25, -0.2) is 8.78 Å². The Morgan fingerprint density at radius 3 is 2.28 bits per heavy atom. The molecule has 0 bridgehead atoms. The van der Waals surface area contributed by atoms with E-state index in [1.54, 1.807) is 0 Å². The lowest BCUT2D eigenvalue weighted by Crippen LogP contribution is -2.50. The molecule has 6 heteroatoms. The lowest BCUT2D eigenvalue weighted by Gasteiger charge is -2.39. The minimum Gasteiger partial charge on any atom is -0.392 e. The molecule has 0 aromatic heterocycles. The normalized spacial score (nSPS) is 16.8. The van der Waals surface area contributed by atoms with Crippen molar-refractivity contribution in [1.29, 1.82) is 0 Å². The number of nitrogens with two attached hydrogens (primary N) is 1. The van der Waals surface area contributed by atoms with Gasteiger partial charge in [0.25, 0.3) is 0 Å². The number of thiocarbonyl (C=S) groups is 1. The number of carbonyl (C=O) groups excluding carboxylic acids is 1. The molecule has 3 nitrogen and oxygen atoms in total. The minimum absolute atomic E-state index is 0.0722. The highest BCUT2D eigenvalue weighted by atomic mass is 32.1. The van der Waals surface area contributed by atoms with Gasteiger partial charge in [-0.1, -0.05) is 24.7 Å². The van der Waals surface area contributed by atoms with Crippen molar-refractivity contribution in [3.63, 3.8) is 0 Å². The lowest BCUT2D eigenvalue weighted by molar-refractivity contribution is -0.125. The maximum Gasteiger partial charge on any atom is 0.237 e. The first-order valence-corrected chi connectivity index (χ1v) is 5.93. The Balaban J connectivity index is 2.24. The number of hydrogen-bond acceptors (Lipinski definition) is 2. The van der Waals surface area contributed by atoms with Gasteiger partial charge in [-0.3, -0.25) is 4.79 Å². The van der Waals surface area contributed by atoms with Crippen LogP contribution in [0.15, 0.2) is 18.2 Å². The Kier molecular flexibility index (Phi) is 3.30. The van der Waals surface area contributed by atoms with Crippen molar-refractivity contribution in [2.24, 2.45) is 11.1 Å². The van der Waals surface area contributed by atoms with Gasteiger partial charge in [0.1, 0.15) is 17.3 Å². The third-order valence-electron chi connectivity index (χ3n) is 3.31. The van der Waals surface area contributed by atoms with Gasteiger partial charge in [0.05, 0.1) is 10.4 Å². The third-order valence-corrected chi connectivity index (χ3v) is 3.71. The van der Waals surface area contributed by atoms with Gasteiger partial charge in [0.2, 0.25) is 5.91 Å². The zero-order valence-corrected chi connectivity index (χ0v) is 10.3. The summed E-state index contributed by atoms with van der Waals surface area (Å²) < 4.78 is 26.8. The second kappa shape index (κ2) is 4.61. The molecule has 1 aliphatic carbocycles. The van der Waals surface area contributed by atoms with Gasteiger partial charge in [0, 0.05) is 0 Å². The minimum atomic E-state index is -0.954. The van der Waals surface area contributed by atoms with Crippen LogP contribution in [0.4, 0.5) is 14.5 Å². The van der Waals surface area contributed by atoms with Crippen molar-refractivity contribution in [3.8, 4) is 0 Å². The number of halogens is 2. The van der Waals surface area contributed by atoms with Crippen LogP contribution < -0.4 is 11.1 Å². The topological polar surface area (TPSA) is 55.1 Å². The van der Waals surface area contributed by atoms with E-state index in [1.165, 1.54) is 6.07 Å². The second-order valence-electron chi connectivity index (χ2n) is 4.35. The molecule has 2 rings (SSSR count). The van der Waals surface area contributed by atoms with E-state index >= 15 is 0 Å². The van der Waals surface area contributed by atoms with E-state index in [9.17, 15) is 13.6 Å². The summed E-state index contributed by atoms with van der Waals surface area (Å²) in [7, 11) is 0. The van der Waals surface area contributed by atoms with Crippen LogP contribution >= 0.6 is 12.2 Å². The molecule has 0 saturated heterocycles. The van der Waals surface area contributed by atoms with Crippen LogP contribution in [0.1, 0.15) is 19.3 Å². The molecule has 0 heterocycles. The lowest BCUT2D eigenvalue weighted by atomic mass is 9.68. The molecular formula is C12H12F2N2OS. The quantitative estimate of drug-likeness (QED) is 0.829. The van der Waals surface area contributed by atoms with Crippen LogP contribution in [0.5, 0.6) is 0 Å². The maximum absolute atomic E-state index is 13.4. The fraction of sp³-hybridized carbons (Fsp3) is 0.333. The van der Waals surface area contributed by atoms with Crippen molar-refractivity contribution in [1.82, 2.24) is 0 Å². The number of hydrogen-bond donors (Lipinski definition) is 2. The van der Waals surface area contributed by atoms with Gasteiger partial charge >= 0.3 is 0 Å². The Bertz CT molecular complexity index is 495. The summed E-state index contributed by atoms with van der Waals surface area (Å²) in [5, 5.41) is 2.25. The number of amides is 1. The smallest absolute Gasteiger partial charge is 0.237 e. The van der Waals surface area contributed by atoms with Crippen LogP contribution in [0.2, 0.25) is 0 Å². The van der Waals surface area contributed by atoms with Crippen LogP contribution in [0.3, 0.4) is 0 Å². The van der Waals surface area contributed by atoms with Gasteiger partial charge in [-0.15, -0.1) is 0 Å². The fourth-order valence-electron chi connectivity index (χ4n) is 1.97. The maximum atomic E-state index is 13.4. The van der Waals surface area contributed by atoms with E-state index in [1.807, 2.05) is 0 Å². The molecule has 18 heavy (non-hydrogen) atoms. The van der Waals surface area contributed by atoms with Crippen LogP contribution in [0.25, 0.3) is 0 Å². The number of carbonyl (C=O) groups is 1. The average Bonchev–Trinajstić information content (AvgIpc) is 2.21. The first kappa shape index (κ1) is 12.9. The zero-order valence-electron chi connectivity index (χ0n) is 9.50. The second-order valence-corrected chi connectivity index (χ2v) is 4.79. The first-order valence-electron chi connectivity index (χ1n) is 5.53. The molecular weight excluding hydrogens is 258 g/mol. The standard InChI is InChI=1S/C12H12F2N2OS/c13-7-3-1-4-8(14)9(7)16-11(17)12(10(15)18)5-2-6-12/h1,3-4H,2,5-6H2,(H2,15,18)(H,16,17). The van der Waals surface area contributed by atoms with Crippen molar-refractivity contribution in [2.75, 3.05) is 5.32 Å². The van der Waals surface area contributed by atoms with Gasteiger partial charge in [-0.2, -0.15) is 0 Å². The molecule has 1 fully saturated rings. The monoisotopic (exact) mass is 270 g/mol. The third kappa shape index (κ3) is 1.96. The average molecular weight is 270 g/mol. The molecule has 1 amide bonds. The van der Waals surface area contributed by atoms with Crippen LogP contribution in [-0.2, 0) is 4.79 Å². The van der Waals surface area contributed by atoms with E-state index in [4.69, 9.17) is 18.0 Å². The van der Waals surface area contributed by atoms with E-state index in [-0.39, 0.29) is 4.99 Å². The highest BCUT2D eigenvalue weighted by molar-refractivity contribution is 7.80. The molecule has 1 aromatic rings. The molecule has 0 radical (unpaired) electrons. The van der Waals surface area contributed by atoms with E-state index < -0.39 is 28.6 Å². The van der Waals surface area contributed by atoms with Crippen LogP contribution in [0, 0.1) is 17.0 Å². The zero-order chi connectivity index (χ0) is 13.3. The SMILES string of the molecule is NC(=S)C1(C(=O)Nc2c(F)cccc2F)CCC1. The predicted octanol–water partition coefficient (Wildman–Crippen LogP) is 2.36. The molecule has 0 unspecified atom stereocenters.